The van der Waals surface area contributed by atoms with Crippen molar-refractivity contribution < 1.29 is 20.0 Å². The summed E-state index contributed by atoms with van der Waals surface area (Å²) in [5.74, 6) is -0.646. The number of nitro groups is 1. The molecule has 0 aliphatic rings. The summed E-state index contributed by atoms with van der Waals surface area (Å²) in [6.45, 7) is 0. The quantitative estimate of drug-likeness (QED) is 0.260. The molecule has 4 N–H and O–H groups in total. The van der Waals surface area contributed by atoms with Crippen LogP contribution in [0.1, 0.15) is 5.56 Å². The van der Waals surface area contributed by atoms with Crippen molar-refractivity contribution >= 4 is 23.1 Å². The number of phenols is 1. The number of nitrogens with two attached hydrogens (primary N) is 1. The highest BCUT2D eigenvalue weighted by molar-refractivity contribution is 6.30. The Kier molecular flexibility index (Phi) is 4.33. The second-order valence-corrected chi connectivity index (χ2v) is 4.58. The van der Waals surface area contributed by atoms with Gasteiger partial charge in [0.05, 0.1) is 4.92 Å². The lowest BCUT2D eigenvalue weighted by atomic mass is 10.1. The van der Waals surface area contributed by atoms with Gasteiger partial charge in [-0.1, -0.05) is 16.8 Å². The first kappa shape index (κ1) is 15.4. The number of nitrogens with zero attached hydrogens (tertiary/aromatic N) is 2. The summed E-state index contributed by atoms with van der Waals surface area (Å²) in [4.78, 5) is 10.4. The number of benzene rings is 2. The summed E-state index contributed by atoms with van der Waals surface area (Å²) in [6, 6.07) is 7.83. The molecule has 0 atom stereocenters. The van der Waals surface area contributed by atoms with Crippen LogP contribution in [0.15, 0.2) is 41.6 Å². The number of halogens is 1. The SMILES string of the molecule is N/C(=N\O)c1ccc(Oc2ccc(Cl)cc2O)c([N+](=O)[O-])c1. The summed E-state index contributed by atoms with van der Waals surface area (Å²) in [6.07, 6.45) is 0. The van der Waals surface area contributed by atoms with Crippen LogP contribution in [0.2, 0.25) is 5.02 Å². The first-order chi connectivity index (χ1) is 10.4. The Morgan fingerprint density at radius 3 is 2.55 bits per heavy atom. The molecule has 0 unspecified atom stereocenters. The van der Waals surface area contributed by atoms with Gasteiger partial charge in [0, 0.05) is 22.7 Å². The van der Waals surface area contributed by atoms with Crippen molar-refractivity contribution in [2.24, 2.45) is 10.9 Å². The van der Waals surface area contributed by atoms with Crippen molar-refractivity contribution in [3.05, 3.63) is 57.1 Å². The number of phenolic OH excluding ortho intramolecular Hbond substituents is 1. The molecule has 0 heterocycles. The topological polar surface area (TPSA) is 131 Å². The van der Waals surface area contributed by atoms with Crippen molar-refractivity contribution in [2.75, 3.05) is 0 Å². The van der Waals surface area contributed by atoms with Crippen LogP contribution in [0, 0.1) is 10.1 Å². The smallest absolute Gasteiger partial charge is 0.312 e. The Balaban J connectivity index is 2.44. The van der Waals surface area contributed by atoms with Gasteiger partial charge in [-0.25, -0.2) is 0 Å². The largest absolute Gasteiger partial charge is 0.504 e. The predicted octanol–water partition coefficient (Wildman–Crippen LogP) is 2.84. The van der Waals surface area contributed by atoms with Crippen LogP contribution in [0.5, 0.6) is 17.2 Å². The van der Waals surface area contributed by atoms with Crippen LogP contribution in [0.4, 0.5) is 5.69 Å². The van der Waals surface area contributed by atoms with Crippen LogP contribution < -0.4 is 10.5 Å². The Labute approximate surface area is 129 Å². The van der Waals surface area contributed by atoms with Crippen molar-refractivity contribution in [2.45, 2.75) is 0 Å². The standard InChI is InChI=1S/C13H10ClN3O5/c14-8-2-4-12(10(18)6-8)22-11-3-1-7(13(15)16-19)5-9(11)17(20)21/h1-6,18-19H,(H2,15,16). The van der Waals surface area contributed by atoms with Gasteiger partial charge < -0.3 is 20.8 Å². The summed E-state index contributed by atoms with van der Waals surface area (Å²) < 4.78 is 5.33. The molecule has 0 fully saturated rings. The van der Waals surface area contributed by atoms with E-state index in [-0.39, 0.29) is 28.6 Å². The van der Waals surface area contributed by atoms with Crippen LogP contribution in [-0.4, -0.2) is 21.1 Å². The molecule has 0 aliphatic carbocycles. The molecule has 0 amide bonds. The van der Waals surface area contributed by atoms with E-state index in [4.69, 9.17) is 27.3 Å². The highest BCUT2D eigenvalue weighted by Crippen LogP contribution is 2.37. The molecule has 0 saturated heterocycles. The van der Waals surface area contributed by atoms with Crippen LogP contribution in [0.3, 0.4) is 0 Å². The van der Waals surface area contributed by atoms with Gasteiger partial charge in [0.25, 0.3) is 0 Å². The Morgan fingerprint density at radius 2 is 1.95 bits per heavy atom. The summed E-state index contributed by atoms with van der Waals surface area (Å²) >= 11 is 5.70. The maximum Gasteiger partial charge on any atom is 0.312 e. The lowest BCUT2D eigenvalue weighted by molar-refractivity contribution is -0.385. The van der Waals surface area contributed by atoms with E-state index in [1.165, 1.54) is 30.3 Å². The third-order valence-corrected chi connectivity index (χ3v) is 2.94. The Hall–Kier alpha value is -3.00. The molecule has 2 aromatic carbocycles. The minimum atomic E-state index is -0.684. The fourth-order valence-corrected chi connectivity index (χ4v) is 1.83. The van der Waals surface area contributed by atoms with E-state index >= 15 is 0 Å². The zero-order valence-electron chi connectivity index (χ0n) is 10.9. The van der Waals surface area contributed by atoms with Crippen molar-refractivity contribution in [3.63, 3.8) is 0 Å². The second kappa shape index (κ2) is 6.19. The van der Waals surface area contributed by atoms with E-state index in [0.717, 1.165) is 6.07 Å². The zero-order valence-corrected chi connectivity index (χ0v) is 11.7. The van der Waals surface area contributed by atoms with Crippen molar-refractivity contribution in [1.29, 1.82) is 0 Å². The summed E-state index contributed by atoms with van der Waals surface area (Å²) in [5, 5.41) is 32.5. The maximum atomic E-state index is 11.1. The highest BCUT2D eigenvalue weighted by Gasteiger charge is 2.19. The first-order valence-electron chi connectivity index (χ1n) is 5.85. The van der Waals surface area contributed by atoms with Crippen LogP contribution in [0.25, 0.3) is 0 Å². The summed E-state index contributed by atoms with van der Waals surface area (Å²) in [5.41, 5.74) is 5.14. The second-order valence-electron chi connectivity index (χ2n) is 4.14. The molecule has 0 saturated carbocycles. The Morgan fingerprint density at radius 1 is 1.27 bits per heavy atom. The van der Waals surface area contributed by atoms with Crippen molar-refractivity contribution in [3.8, 4) is 17.2 Å². The Bertz CT molecular complexity index is 763. The van der Waals surface area contributed by atoms with E-state index < -0.39 is 10.6 Å². The van der Waals surface area contributed by atoms with E-state index in [9.17, 15) is 15.2 Å². The molecule has 0 aromatic heterocycles. The third-order valence-electron chi connectivity index (χ3n) is 2.70. The van der Waals surface area contributed by atoms with Gasteiger partial charge in [0.2, 0.25) is 5.75 Å². The van der Waals surface area contributed by atoms with Crippen LogP contribution in [-0.2, 0) is 0 Å². The van der Waals surface area contributed by atoms with Gasteiger partial charge in [-0.15, -0.1) is 0 Å². The normalized spacial score (nSPS) is 11.2. The lowest BCUT2D eigenvalue weighted by Crippen LogP contribution is -2.13. The number of aromatic hydroxyl groups is 1. The van der Waals surface area contributed by atoms with E-state index in [2.05, 4.69) is 5.16 Å². The molecule has 0 spiro atoms. The molecule has 22 heavy (non-hydrogen) atoms. The summed E-state index contributed by atoms with van der Waals surface area (Å²) in [7, 11) is 0. The number of oxime groups is 1. The number of ether oxygens (including phenoxy) is 1. The van der Waals surface area contributed by atoms with E-state index in [0.29, 0.717) is 5.02 Å². The number of nitro benzene ring substituents is 1. The number of amidine groups is 1. The van der Waals surface area contributed by atoms with E-state index in [1.54, 1.807) is 0 Å². The number of hydrogen-bond donors (Lipinski definition) is 3. The minimum absolute atomic E-state index is 0.00375. The lowest BCUT2D eigenvalue weighted by Gasteiger charge is -2.09. The van der Waals surface area contributed by atoms with Gasteiger partial charge in [0.15, 0.2) is 17.3 Å². The molecule has 9 heteroatoms. The maximum absolute atomic E-state index is 11.1. The third kappa shape index (κ3) is 3.18. The van der Waals surface area contributed by atoms with Crippen LogP contribution >= 0.6 is 11.6 Å². The zero-order chi connectivity index (χ0) is 16.3. The fourth-order valence-electron chi connectivity index (χ4n) is 1.66. The van der Waals surface area contributed by atoms with E-state index in [1.807, 2.05) is 0 Å². The molecular formula is C13H10ClN3O5. The molecular weight excluding hydrogens is 314 g/mol. The first-order valence-corrected chi connectivity index (χ1v) is 6.23. The number of hydrogen-bond acceptors (Lipinski definition) is 6. The molecule has 0 bridgehead atoms. The van der Waals surface area contributed by atoms with Gasteiger partial charge in [0.1, 0.15) is 0 Å². The van der Waals surface area contributed by atoms with Gasteiger partial charge in [-0.3, -0.25) is 10.1 Å². The molecule has 0 radical (unpaired) electrons. The van der Waals surface area contributed by atoms with Gasteiger partial charge >= 0.3 is 5.69 Å². The molecule has 8 nitrogen and oxygen atoms in total. The predicted molar refractivity (Wildman–Crippen MR) is 78.8 cm³/mol. The molecule has 114 valence electrons. The average molecular weight is 324 g/mol. The molecule has 2 aromatic rings. The fraction of sp³-hybridized carbons (Fsp3) is 0. The molecule has 0 aliphatic heterocycles. The average Bonchev–Trinajstić information content (AvgIpc) is 2.49. The highest BCUT2D eigenvalue weighted by atomic mass is 35.5. The van der Waals surface area contributed by atoms with Gasteiger partial charge in [-0.2, -0.15) is 0 Å². The minimum Gasteiger partial charge on any atom is -0.504 e. The van der Waals surface area contributed by atoms with Crippen molar-refractivity contribution in [1.82, 2.24) is 0 Å². The van der Waals surface area contributed by atoms with Gasteiger partial charge in [-0.05, 0) is 24.3 Å². The number of rotatable bonds is 4. The molecule has 2 rings (SSSR count). The monoisotopic (exact) mass is 323 g/mol.